The van der Waals surface area contributed by atoms with Crippen molar-refractivity contribution in [3.63, 3.8) is 0 Å². The van der Waals surface area contributed by atoms with Gasteiger partial charge in [0.25, 0.3) is 0 Å². The molecule has 1 N–H and O–H groups in total. The third-order valence-corrected chi connectivity index (χ3v) is 6.36. The van der Waals surface area contributed by atoms with Crippen molar-refractivity contribution in [1.29, 1.82) is 0 Å². The van der Waals surface area contributed by atoms with Crippen LogP contribution < -0.4 is 14.8 Å². The zero-order chi connectivity index (χ0) is 27.7. The lowest BCUT2D eigenvalue weighted by Gasteiger charge is -2.34. The third kappa shape index (κ3) is 8.52. The van der Waals surface area contributed by atoms with Gasteiger partial charge >= 0.3 is 0 Å². The summed E-state index contributed by atoms with van der Waals surface area (Å²) in [6, 6.07) is 22.1. The Kier molecular flexibility index (Phi) is 10.2. The lowest BCUT2D eigenvalue weighted by Crippen LogP contribution is -2.54. The van der Waals surface area contributed by atoms with E-state index in [0.29, 0.717) is 29.4 Å². The van der Waals surface area contributed by atoms with E-state index in [2.05, 4.69) is 5.32 Å². The van der Waals surface area contributed by atoms with Crippen LogP contribution in [0.3, 0.4) is 0 Å². The molecule has 38 heavy (non-hydrogen) atoms. The van der Waals surface area contributed by atoms with E-state index in [4.69, 9.17) is 21.1 Å². The van der Waals surface area contributed by atoms with Gasteiger partial charge in [0.05, 0.1) is 14.2 Å². The van der Waals surface area contributed by atoms with Crippen LogP contribution in [-0.4, -0.2) is 42.5 Å². The number of halogens is 1. The minimum absolute atomic E-state index is 0.111. The molecular formula is C31H37ClN2O4. The first kappa shape index (κ1) is 29.1. The number of nitrogens with zero attached hydrogens (tertiary/aromatic N) is 1. The third-order valence-electron chi connectivity index (χ3n) is 6.11. The first-order chi connectivity index (χ1) is 18.1. The van der Waals surface area contributed by atoms with Crippen LogP contribution >= 0.6 is 11.6 Å². The lowest BCUT2D eigenvalue weighted by atomic mass is 9.99. The van der Waals surface area contributed by atoms with Crippen LogP contribution in [0, 0.1) is 0 Å². The van der Waals surface area contributed by atoms with E-state index in [1.54, 1.807) is 31.3 Å². The molecule has 0 spiro atoms. The first-order valence-corrected chi connectivity index (χ1v) is 13.1. The van der Waals surface area contributed by atoms with Gasteiger partial charge < -0.3 is 19.7 Å². The molecule has 3 aromatic carbocycles. The highest BCUT2D eigenvalue weighted by Gasteiger charge is 2.32. The number of aryl methyl sites for hydroxylation is 1. The molecule has 1 atom stereocenters. The van der Waals surface area contributed by atoms with Gasteiger partial charge in [-0.15, -0.1) is 0 Å². The zero-order valence-electron chi connectivity index (χ0n) is 22.8. The molecule has 0 radical (unpaired) electrons. The molecule has 3 rings (SSSR count). The maximum absolute atomic E-state index is 13.8. The Bertz CT molecular complexity index is 1210. The van der Waals surface area contributed by atoms with Gasteiger partial charge in [-0.05, 0) is 68.1 Å². The Balaban J connectivity index is 1.92. The molecule has 0 aromatic heterocycles. The number of hydrogen-bond donors (Lipinski definition) is 1. The highest BCUT2D eigenvalue weighted by molar-refractivity contribution is 6.30. The second-order valence-corrected chi connectivity index (χ2v) is 10.7. The van der Waals surface area contributed by atoms with Gasteiger partial charge in [-0.1, -0.05) is 60.1 Å². The van der Waals surface area contributed by atoms with Gasteiger partial charge in [0.2, 0.25) is 11.8 Å². The quantitative estimate of drug-likeness (QED) is 0.334. The first-order valence-electron chi connectivity index (χ1n) is 12.7. The Labute approximate surface area is 230 Å². The Hall–Kier alpha value is -3.51. The fourth-order valence-electron chi connectivity index (χ4n) is 4.22. The normalized spacial score (nSPS) is 11.9. The molecule has 1 unspecified atom stereocenters. The van der Waals surface area contributed by atoms with E-state index in [-0.39, 0.29) is 24.8 Å². The van der Waals surface area contributed by atoms with Gasteiger partial charge in [-0.2, -0.15) is 0 Å². The summed E-state index contributed by atoms with van der Waals surface area (Å²) in [5.41, 5.74) is 2.38. The summed E-state index contributed by atoms with van der Waals surface area (Å²) in [5.74, 6) is 0.949. The van der Waals surface area contributed by atoms with Crippen molar-refractivity contribution in [1.82, 2.24) is 10.2 Å². The van der Waals surface area contributed by atoms with Gasteiger partial charge in [0, 0.05) is 29.9 Å². The predicted molar refractivity (Wildman–Crippen MR) is 152 cm³/mol. The predicted octanol–water partition coefficient (Wildman–Crippen LogP) is 5.84. The molecule has 7 heteroatoms. The van der Waals surface area contributed by atoms with Crippen LogP contribution in [0.4, 0.5) is 0 Å². The molecule has 2 amide bonds. The van der Waals surface area contributed by atoms with Crippen molar-refractivity contribution in [2.24, 2.45) is 0 Å². The lowest BCUT2D eigenvalue weighted by molar-refractivity contribution is -0.141. The van der Waals surface area contributed by atoms with Crippen molar-refractivity contribution in [3.8, 4) is 11.5 Å². The Morgan fingerprint density at radius 2 is 1.50 bits per heavy atom. The Morgan fingerprint density at radius 3 is 2.11 bits per heavy atom. The minimum Gasteiger partial charge on any atom is -0.493 e. The van der Waals surface area contributed by atoms with Crippen molar-refractivity contribution in [3.05, 3.63) is 94.5 Å². The number of amides is 2. The smallest absolute Gasteiger partial charge is 0.243 e. The maximum Gasteiger partial charge on any atom is 0.243 e. The molecule has 0 fully saturated rings. The average molecular weight is 537 g/mol. The molecule has 0 heterocycles. The summed E-state index contributed by atoms with van der Waals surface area (Å²) in [6.07, 6.45) is 1.13. The standard InChI is InChI=1S/C31H37ClN2O4/c1-31(2,3)33-30(36)26(19-22-9-7-6-8-10-22)34(21-24-11-15-25(32)16-12-24)29(35)18-14-23-13-17-27(37-4)28(20-23)38-5/h6-13,15-17,20,26H,14,18-19,21H2,1-5H3,(H,33,36). The summed E-state index contributed by atoms with van der Waals surface area (Å²) < 4.78 is 10.7. The molecule has 0 aliphatic rings. The summed E-state index contributed by atoms with van der Waals surface area (Å²) in [7, 11) is 3.17. The Morgan fingerprint density at radius 1 is 0.868 bits per heavy atom. The molecule has 0 saturated heterocycles. The van der Waals surface area contributed by atoms with Crippen molar-refractivity contribution >= 4 is 23.4 Å². The maximum atomic E-state index is 13.8. The number of methoxy groups -OCH3 is 2. The molecular weight excluding hydrogens is 500 g/mol. The molecule has 6 nitrogen and oxygen atoms in total. The van der Waals surface area contributed by atoms with Gasteiger partial charge in [0.1, 0.15) is 6.04 Å². The van der Waals surface area contributed by atoms with Crippen LogP contribution in [0.5, 0.6) is 11.5 Å². The van der Waals surface area contributed by atoms with Crippen LogP contribution in [-0.2, 0) is 29.0 Å². The fourth-order valence-corrected chi connectivity index (χ4v) is 4.35. The van der Waals surface area contributed by atoms with Crippen molar-refractivity contribution in [2.45, 2.75) is 58.2 Å². The minimum atomic E-state index is -0.690. The van der Waals surface area contributed by atoms with E-state index >= 15 is 0 Å². The van der Waals surface area contributed by atoms with Crippen LogP contribution in [0.25, 0.3) is 0 Å². The average Bonchev–Trinajstić information content (AvgIpc) is 2.89. The van der Waals surface area contributed by atoms with E-state index in [0.717, 1.165) is 16.7 Å². The van der Waals surface area contributed by atoms with E-state index in [9.17, 15) is 9.59 Å². The van der Waals surface area contributed by atoms with E-state index in [1.807, 2.05) is 81.4 Å². The second-order valence-electron chi connectivity index (χ2n) is 10.3. The zero-order valence-corrected chi connectivity index (χ0v) is 23.5. The van der Waals surface area contributed by atoms with Gasteiger partial charge in [-0.25, -0.2) is 0 Å². The number of carbonyl (C=O) groups excluding carboxylic acids is 2. The fraction of sp³-hybridized carbons (Fsp3) is 0.355. The van der Waals surface area contributed by atoms with Crippen LogP contribution in [0.1, 0.15) is 43.9 Å². The highest BCUT2D eigenvalue weighted by Crippen LogP contribution is 2.28. The summed E-state index contributed by atoms with van der Waals surface area (Å²) >= 11 is 6.10. The molecule has 0 bridgehead atoms. The molecule has 202 valence electrons. The molecule has 0 aliphatic heterocycles. The second kappa shape index (κ2) is 13.3. The van der Waals surface area contributed by atoms with Gasteiger partial charge in [0.15, 0.2) is 11.5 Å². The summed E-state index contributed by atoms with van der Waals surface area (Å²) in [5, 5.41) is 3.70. The van der Waals surface area contributed by atoms with E-state index < -0.39 is 11.6 Å². The number of hydrogen-bond acceptors (Lipinski definition) is 4. The topological polar surface area (TPSA) is 67.9 Å². The number of benzene rings is 3. The summed E-state index contributed by atoms with van der Waals surface area (Å²) in [6.45, 7) is 6.10. The summed E-state index contributed by atoms with van der Waals surface area (Å²) in [4.78, 5) is 29.1. The number of carbonyl (C=O) groups is 2. The SMILES string of the molecule is COc1ccc(CCC(=O)N(Cc2ccc(Cl)cc2)C(Cc2ccccc2)C(=O)NC(C)(C)C)cc1OC. The largest absolute Gasteiger partial charge is 0.493 e. The highest BCUT2D eigenvalue weighted by atomic mass is 35.5. The van der Waals surface area contributed by atoms with Crippen LogP contribution in [0.15, 0.2) is 72.8 Å². The van der Waals surface area contributed by atoms with Crippen molar-refractivity contribution in [2.75, 3.05) is 14.2 Å². The van der Waals surface area contributed by atoms with Crippen molar-refractivity contribution < 1.29 is 19.1 Å². The van der Waals surface area contributed by atoms with Crippen LogP contribution in [0.2, 0.25) is 5.02 Å². The molecule has 0 aliphatic carbocycles. The monoisotopic (exact) mass is 536 g/mol. The van der Waals surface area contributed by atoms with E-state index in [1.165, 1.54) is 0 Å². The number of ether oxygens (including phenoxy) is 2. The van der Waals surface area contributed by atoms with Gasteiger partial charge in [-0.3, -0.25) is 9.59 Å². The number of rotatable bonds is 11. The number of nitrogens with one attached hydrogen (secondary N) is 1. The molecule has 0 saturated carbocycles. The molecule has 3 aromatic rings.